The zero-order chi connectivity index (χ0) is 16.5. The van der Waals surface area contributed by atoms with Crippen LogP contribution in [-0.4, -0.2) is 31.7 Å². The highest BCUT2D eigenvalue weighted by atomic mass is 16.5. The van der Waals surface area contributed by atoms with Gasteiger partial charge in [-0.15, -0.1) is 0 Å². The van der Waals surface area contributed by atoms with Gasteiger partial charge in [0.25, 0.3) is 0 Å². The van der Waals surface area contributed by atoms with Crippen molar-refractivity contribution >= 4 is 5.70 Å². The molecule has 2 heterocycles. The molecule has 2 aliphatic heterocycles. The van der Waals surface area contributed by atoms with Gasteiger partial charge in [-0.05, 0) is 36.6 Å². The van der Waals surface area contributed by atoms with E-state index in [9.17, 15) is 0 Å². The third-order valence-corrected chi connectivity index (χ3v) is 5.22. The number of benzene rings is 2. The van der Waals surface area contributed by atoms with E-state index >= 15 is 0 Å². The van der Waals surface area contributed by atoms with Crippen LogP contribution in [0, 0.1) is 0 Å². The van der Waals surface area contributed by atoms with E-state index in [-0.39, 0.29) is 0 Å². The fourth-order valence-electron chi connectivity index (χ4n) is 4.09. The van der Waals surface area contributed by atoms with Crippen LogP contribution in [0.25, 0.3) is 5.70 Å². The summed E-state index contributed by atoms with van der Waals surface area (Å²) in [7, 11) is 3.37. The van der Waals surface area contributed by atoms with Gasteiger partial charge in [0.1, 0.15) is 0 Å². The third-order valence-electron chi connectivity index (χ3n) is 5.22. The largest absolute Gasteiger partial charge is 0.493 e. The molecule has 0 bridgehead atoms. The van der Waals surface area contributed by atoms with Gasteiger partial charge in [-0.1, -0.05) is 36.4 Å². The molecule has 1 fully saturated rings. The zero-order valence-corrected chi connectivity index (χ0v) is 14.2. The van der Waals surface area contributed by atoms with Crippen molar-refractivity contribution in [1.82, 2.24) is 4.90 Å². The molecule has 1 saturated heterocycles. The monoisotopic (exact) mass is 321 g/mol. The quantitative estimate of drug-likeness (QED) is 0.838. The molecule has 0 N–H and O–H groups in total. The van der Waals surface area contributed by atoms with E-state index in [2.05, 4.69) is 53.4 Å². The molecule has 24 heavy (non-hydrogen) atoms. The Morgan fingerprint density at radius 2 is 1.75 bits per heavy atom. The average Bonchev–Trinajstić information content (AvgIpc) is 3.24. The van der Waals surface area contributed by atoms with Crippen molar-refractivity contribution in [3.63, 3.8) is 0 Å². The van der Waals surface area contributed by atoms with Crippen molar-refractivity contribution in [3.05, 3.63) is 65.7 Å². The Morgan fingerprint density at radius 1 is 0.958 bits per heavy atom. The number of ether oxygens (including phenoxy) is 2. The molecule has 124 valence electrons. The van der Waals surface area contributed by atoms with Gasteiger partial charge < -0.3 is 14.4 Å². The molecular formula is C21H23NO2. The van der Waals surface area contributed by atoms with Crippen LogP contribution in [0.15, 0.2) is 54.6 Å². The molecule has 2 aromatic rings. The number of nitrogens with zero attached hydrogens (tertiary/aromatic N) is 1. The summed E-state index contributed by atoms with van der Waals surface area (Å²) < 4.78 is 10.9. The van der Waals surface area contributed by atoms with E-state index in [1.54, 1.807) is 14.2 Å². The highest BCUT2D eigenvalue weighted by molar-refractivity contribution is 5.71. The molecule has 2 aromatic carbocycles. The number of fused-ring (bicyclic) bond motifs is 1. The number of hydrogen-bond acceptors (Lipinski definition) is 3. The lowest BCUT2D eigenvalue weighted by molar-refractivity contribution is 0.354. The van der Waals surface area contributed by atoms with Crippen molar-refractivity contribution in [3.8, 4) is 11.5 Å². The normalized spacial score (nSPS) is 22.2. The molecule has 0 spiro atoms. The van der Waals surface area contributed by atoms with Crippen LogP contribution in [0.3, 0.4) is 0 Å². The SMILES string of the molecule is COc1ccc(C2=C[C@H](c3ccccc3)[C@@H]3CCCN23)cc1OC. The molecule has 0 amide bonds. The van der Waals surface area contributed by atoms with E-state index in [0.29, 0.717) is 12.0 Å². The molecule has 0 aliphatic carbocycles. The summed E-state index contributed by atoms with van der Waals surface area (Å²) in [5.74, 6) is 2.03. The van der Waals surface area contributed by atoms with Crippen LogP contribution < -0.4 is 9.47 Å². The first-order valence-corrected chi connectivity index (χ1v) is 8.57. The highest BCUT2D eigenvalue weighted by Crippen LogP contribution is 2.45. The van der Waals surface area contributed by atoms with Crippen molar-refractivity contribution < 1.29 is 9.47 Å². The summed E-state index contributed by atoms with van der Waals surface area (Å²) >= 11 is 0. The Kier molecular flexibility index (Phi) is 3.93. The van der Waals surface area contributed by atoms with Crippen LogP contribution in [-0.2, 0) is 0 Å². The Bertz CT molecular complexity index is 754. The summed E-state index contributed by atoms with van der Waals surface area (Å²) in [4.78, 5) is 2.57. The molecule has 4 rings (SSSR count). The van der Waals surface area contributed by atoms with E-state index in [4.69, 9.17) is 9.47 Å². The first kappa shape index (κ1) is 15.1. The number of rotatable bonds is 4. The molecule has 2 aliphatic rings. The Balaban J connectivity index is 1.74. The molecule has 3 heteroatoms. The van der Waals surface area contributed by atoms with Crippen molar-refractivity contribution in [2.75, 3.05) is 20.8 Å². The van der Waals surface area contributed by atoms with Crippen LogP contribution in [0.1, 0.15) is 29.9 Å². The Morgan fingerprint density at radius 3 is 2.50 bits per heavy atom. The number of methoxy groups -OCH3 is 2. The smallest absolute Gasteiger partial charge is 0.161 e. The molecule has 0 unspecified atom stereocenters. The summed E-state index contributed by atoms with van der Waals surface area (Å²) in [6.07, 6.45) is 4.95. The van der Waals surface area contributed by atoms with Crippen molar-refractivity contribution in [1.29, 1.82) is 0 Å². The van der Waals surface area contributed by atoms with E-state index in [0.717, 1.165) is 18.0 Å². The maximum atomic E-state index is 5.49. The van der Waals surface area contributed by atoms with E-state index in [1.807, 2.05) is 6.07 Å². The van der Waals surface area contributed by atoms with Gasteiger partial charge in [-0.2, -0.15) is 0 Å². The first-order chi connectivity index (χ1) is 11.8. The second-order valence-electron chi connectivity index (χ2n) is 6.46. The molecule has 3 nitrogen and oxygen atoms in total. The van der Waals surface area contributed by atoms with Gasteiger partial charge in [-0.25, -0.2) is 0 Å². The fraction of sp³-hybridized carbons (Fsp3) is 0.333. The van der Waals surface area contributed by atoms with Crippen molar-refractivity contribution in [2.24, 2.45) is 0 Å². The standard InChI is InChI=1S/C21H23NO2/c1-23-20-11-10-16(13-21(20)24-2)19-14-17(15-7-4-3-5-8-15)18-9-6-12-22(18)19/h3-5,7-8,10-11,13-14,17-18H,6,9,12H2,1-2H3/t17-,18+/m1/s1. The predicted molar refractivity (Wildman–Crippen MR) is 96.4 cm³/mol. The van der Waals surface area contributed by atoms with Gasteiger partial charge in [0.2, 0.25) is 0 Å². The topological polar surface area (TPSA) is 21.7 Å². The Labute approximate surface area is 143 Å². The van der Waals surface area contributed by atoms with Crippen LogP contribution in [0.2, 0.25) is 0 Å². The molecule has 0 radical (unpaired) electrons. The molecule has 0 aromatic heterocycles. The molecular weight excluding hydrogens is 298 g/mol. The average molecular weight is 321 g/mol. The van der Waals surface area contributed by atoms with Crippen LogP contribution >= 0.6 is 0 Å². The third kappa shape index (κ3) is 2.44. The maximum absolute atomic E-state index is 5.49. The summed E-state index contributed by atoms with van der Waals surface area (Å²) in [6, 6.07) is 17.6. The highest BCUT2D eigenvalue weighted by Gasteiger charge is 2.38. The number of hydrogen-bond donors (Lipinski definition) is 0. The first-order valence-electron chi connectivity index (χ1n) is 8.57. The van der Waals surface area contributed by atoms with Gasteiger partial charge in [0.15, 0.2) is 11.5 Å². The minimum absolute atomic E-state index is 0.469. The van der Waals surface area contributed by atoms with Gasteiger partial charge >= 0.3 is 0 Å². The van der Waals surface area contributed by atoms with E-state index < -0.39 is 0 Å². The summed E-state index contributed by atoms with van der Waals surface area (Å²) in [5, 5.41) is 0. The fourth-order valence-corrected chi connectivity index (χ4v) is 4.09. The lowest BCUT2D eigenvalue weighted by Crippen LogP contribution is -2.26. The minimum atomic E-state index is 0.469. The predicted octanol–water partition coefficient (Wildman–Crippen LogP) is 4.31. The second-order valence-corrected chi connectivity index (χ2v) is 6.46. The lowest BCUT2D eigenvalue weighted by Gasteiger charge is -2.26. The van der Waals surface area contributed by atoms with E-state index in [1.165, 1.54) is 29.7 Å². The molecule has 0 saturated carbocycles. The molecule has 2 atom stereocenters. The second kappa shape index (κ2) is 6.23. The summed E-state index contributed by atoms with van der Waals surface area (Å²) in [6.45, 7) is 1.13. The van der Waals surface area contributed by atoms with Crippen molar-refractivity contribution in [2.45, 2.75) is 24.8 Å². The lowest BCUT2D eigenvalue weighted by atomic mass is 9.92. The minimum Gasteiger partial charge on any atom is -0.493 e. The van der Waals surface area contributed by atoms with Gasteiger partial charge in [0, 0.05) is 29.8 Å². The van der Waals surface area contributed by atoms with Gasteiger partial charge in [0.05, 0.1) is 14.2 Å². The van der Waals surface area contributed by atoms with Crippen LogP contribution in [0.4, 0.5) is 0 Å². The summed E-state index contributed by atoms with van der Waals surface area (Å²) in [5.41, 5.74) is 3.94. The van der Waals surface area contributed by atoms with Gasteiger partial charge in [-0.3, -0.25) is 0 Å². The Hall–Kier alpha value is -2.42. The zero-order valence-electron chi connectivity index (χ0n) is 14.2. The maximum Gasteiger partial charge on any atom is 0.161 e. The van der Waals surface area contributed by atoms with Crippen LogP contribution in [0.5, 0.6) is 11.5 Å².